The molecule has 0 fully saturated rings. The number of benzene rings is 2. The van der Waals surface area contributed by atoms with Gasteiger partial charge in [0.2, 0.25) is 0 Å². The molecule has 0 saturated carbocycles. The summed E-state index contributed by atoms with van der Waals surface area (Å²) in [6.07, 6.45) is 11.1. The second-order valence-electron chi connectivity index (χ2n) is 4.86. The van der Waals surface area contributed by atoms with Gasteiger partial charge >= 0.3 is 0 Å². The average molecular weight is 238 g/mol. The molecule has 2 rings (SSSR count). The maximum absolute atomic E-state index is 2.31. The molecule has 0 nitrogen and oxygen atoms in total. The van der Waals surface area contributed by atoms with Crippen molar-refractivity contribution in [3.8, 4) is 0 Å². The Balaban J connectivity index is 1.93. The van der Waals surface area contributed by atoms with Crippen LogP contribution in [0.25, 0.3) is 16.8 Å². The van der Waals surface area contributed by atoms with Gasteiger partial charge in [0.1, 0.15) is 0 Å². The van der Waals surface area contributed by atoms with E-state index < -0.39 is 0 Å². The molecule has 0 saturated heterocycles. The minimum Gasteiger partial charge on any atom is -0.0839 e. The fraction of sp³-hybridized carbons (Fsp3) is 0.333. The van der Waals surface area contributed by atoms with E-state index in [1.54, 1.807) is 0 Å². The Labute approximate surface area is 110 Å². The Kier molecular flexibility index (Phi) is 5.01. The van der Waals surface area contributed by atoms with E-state index in [1.807, 2.05) is 0 Å². The molecule has 0 aliphatic carbocycles. The normalized spacial score (nSPS) is 11.4. The van der Waals surface area contributed by atoms with Gasteiger partial charge in [0.25, 0.3) is 0 Å². The first-order chi connectivity index (χ1) is 8.90. The molecule has 2 aromatic carbocycles. The van der Waals surface area contributed by atoms with Crippen LogP contribution in [-0.2, 0) is 0 Å². The Morgan fingerprint density at radius 3 is 2.56 bits per heavy atom. The van der Waals surface area contributed by atoms with E-state index in [2.05, 4.69) is 61.5 Å². The second-order valence-corrected chi connectivity index (χ2v) is 4.86. The molecule has 0 aromatic heterocycles. The standard InChI is InChI=1S/C18H22/c1-2-3-4-5-6-7-10-16-13-14-17-11-8-9-12-18(17)15-16/h7-15H,2-6H2,1H3/b10-7-. The molecule has 0 spiro atoms. The van der Waals surface area contributed by atoms with E-state index in [1.165, 1.54) is 48.4 Å². The summed E-state index contributed by atoms with van der Waals surface area (Å²) in [4.78, 5) is 0. The molecule has 0 bridgehead atoms. The van der Waals surface area contributed by atoms with Crippen LogP contribution in [0.3, 0.4) is 0 Å². The first-order valence-corrected chi connectivity index (χ1v) is 7.05. The average Bonchev–Trinajstić information content (AvgIpc) is 2.42. The minimum absolute atomic E-state index is 1.20. The van der Waals surface area contributed by atoms with Crippen LogP contribution in [0.15, 0.2) is 48.5 Å². The van der Waals surface area contributed by atoms with Gasteiger partial charge in [-0.3, -0.25) is 0 Å². The summed E-state index contributed by atoms with van der Waals surface area (Å²) < 4.78 is 0. The van der Waals surface area contributed by atoms with Crippen LogP contribution < -0.4 is 0 Å². The second kappa shape index (κ2) is 7.00. The fourth-order valence-electron chi connectivity index (χ4n) is 2.22. The molecule has 0 heterocycles. The highest BCUT2D eigenvalue weighted by atomic mass is 14.0. The highest BCUT2D eigenvalue weighted by Gasteiger charge is 1.92. The van der Waals surface area contributed by atoms with Crippen LogP contribution in [0.4, 0.5) is 0 Å². The van der Waals surface area contributed by atoms with Crippen molar-refractivity contribution in [2.75, 3.05) is 0 Å². The number of rotatable bonds is 6. The zero-order valence-corrected chi connectivity index (χ0v) is 11.2. The lowest BCUT2D eigenvalue weighted by molar-refractivity contribution is 0.675. The molecule has 0 aliphatic heterocycles. The number of unbranched alkanes of at least 4 members (excludes halogenated alkanes) is 4. The lowest BCUT2D eigenvalue weighted by atomic mass is 10.1. The van der Waals surface area contributed by atoms with Crippen molar-refractivity contribution in [3.63, 3.8) is 0 Å². The summed E-state index contributed by atoms with van der Waals surface area (Å²) >= 11 is 0. The smallest absolute Gasteiger partial charge is 0.0178 e. The van der Waals surface area contributed by atoms with Crippen molar-refractivity contribution in [3.05, 3.63) is 54.1 Å². The molecular weight excluding hydrogens is 216 g/mol. The molecule has 2 aromatic rings. The fourth-order valence-corrected chi connectivity index (χ4v) is 2.22. The van der Waals surface area contributed by atoms with E-state index >= 15 is 0 Å². The molecule has 0 unspecified atom stereocenters. The van der Waals surface area contributed by atoms with Crippen molar-refractivity contribution in [1.29, 1.82) is 0 Å². The van der Waals surface area contributed by atoms with Gasteiger partial charge in [-0.25, -0.2) is 0 Å². The largest absolute Gasteiger partial charge is 0.0839 e. The summed E-state index contributed by atoms with van der Waals surface area (Å²) in [6, 6.07) is 15.2. The predicted molar refractivity (Wildman–Crippen MR) is 81.7 cm³/mol. The maximum Gasteiger partial charge on any atom is -0.0178 e. The first kappa shape index (κ1) is 12.9. The Morgan fingerprint density at radius 2 is 1.72 bits per heavy atom. The SMILES string of the molecule is CCCCCC/C=C\c1ccc2ccccc2c1. The van der Waals surface area contributed by atoms with Crippen molar-refractivity contribution in [2.24, 2.45) is 0 Å². The van der Waals surface area contributed by atoms with E-state index in [-0.39, 0.29) is 0 Å². The number of hydrogen-bond acceptors (Lipinski definition) is 0. The third-order valence-corrected chi connectivity index (χ3v) is 3.31. The molecule has 0 heteroatoms. The lowest BCUT2D eigenvalue weighted by Crippen LogP contribution is -1.76. The first-order valence-electron chi connectivity index (χ1n) is 7.05. The van der Waals surface area contributed by atoms with E-state index in [4.69, 9.17) is 0 Å². The quantitative estimate of drug-likeness (QED) is 0.556. The highest BCUT2D eigenvalue weighted by Crippen LogP contribution is 2.16. The third-order valence-electron chi connectivity index (χ3n) is 3.31. The molecule has 18 heavy (non-hydrogen) atoms. The van der Waals surface area contributed by atoms with Crippen LogP contribution in [0.1, 0.15) is 44.6 Å². The third kappa shape index (κ3) is 3.73. The van der Waals surface area contributed by atoms with Crippen LogP contribution in [0, 0.1) is 0 Å². The van der Waals surface area contributed by atoms with Gasteiger partial charge in [-0.1, -0.05) is 74.7 Å². The molecular formula is C18H22. The summed E-state index contributed by atoms with van der Waals surface area (Å²) in [5, 5.41) is 2.64. The number of hydrogen-bond donors (Lipinski definition) is 0. The molecule has 94 valence electrons. The Bertz CT molecular complexity index is 508. The number of fused-ring (bicyclic) bond motifs is 1. The predicted octanol–water partition coefficient (Wildman–Crippen LogP) is 5.82. The van der Waals surface area contributed by atoms with Crippen LogP contribution in [0.2, 0.25) is 0 Å². The van der Waals surface area contributed by atoms with Crippen molar-refractivity contribution < 1.29 is 0 Å². The lowest BCUT2D eigenvalue weighted by Gasteiger charge is -1.99. The van der Waals surface area contributed by atoms with Crippen LogP contribution >= 0.6 is 0 Å². The summed E-state index contributed by atoms with van der Waals surface area (Å²) in [7, 11) is 0. The van der Waals surface area contributed by atoms with Gasteiger partial charge < -0.3 is 0 Å². The van der Waals surface area contributed by atoms with E-state index in [0.717, 1.165) is 0 Å². The number of allylic oxidation sites excluding steroid dienone is 1. The highest BCUT2D eigenvalue weighted by molar-refractivity contribution is 5.84. The van der Waals surface area contributed by atoms with Gasteiger partial charge in [0.15, 0.2) is 0 Å². The molecule has 0 radical (unpaired) electrons. The molecule has 0 atom stereocenters. The summed E-state index contributed by atoms with van der Waals surface area (Å²) in [5.41, 5.74) is 1.31. The zero-order valence-electron chi connectivity index (χ0n) is 11.2. The monoisotopic (exact) mass is 238 g/mol. The van der Waals surface area contributed by atoms with Crippen LogP contribution in [-0.4, -0.2) is 0 Å². The topological polar surface area (TPSA) is 0 Å². The van der Waals surface area contributed by atoms with Gasteiger partial charge in [0.05, 0.1) is 0 Å². The molecule has 0 aliphatic rings. The molecule has 0 N–H and O–H groups in total. The van der Waals surface area contributed by atoms with Crippen molar-refractivity contribution >= 4 is 16.8 Å². The molecule has 0 amide bonds. The van der Waals surface area contributed by atoms with E-state index in [9.17, 15) is 0 Å². The van der Waals surface area contributed by atoms with E-state index in [0.29, 0.717) is 0 Å². The van der Waals surface area contributed by atoms with Gasteiger partial charge in [-0.2, -0.15) is 0 Å². The minimum atomic E-state index is 1.20. The van der Waals surface area contributed by atoms with Gasteiger partial charge in [-0.05, 0) is 35.2 Å². The zero-order chi connectivity index (χ0) is 12.6. The maximum atomic E-state index is 2.31. The Hall–Kier alpha value is -1.56. The van der Waals surface area contributed by atoms with Crippen LogP contribution in [0.5, 0.6) is 0 Å². The van der Waals surface area contributed by atoms with Crippen molar-refractivity contribution in [1.82, 2.24) is 0 Å². The Morgan fingerprint density at radius 1 is 0.889 bits per heavy atom. The summed E-state index contributed by atoms with van der Waals surface area (Å²) in [5.74, 6) is 0. The summed E-state index contributed by atoms with van der Waals surface area (Å²) in [6.45, 7) is 2.25. The van der Waals surface area contributed by atoms with Gasteiger partial charge in [-0.15, -0.1) is 0 Å². The van der Waals surface area contributed by atoms with Crippen molar-refractivity contribution in [2.45, 2.75) is 39.0 Å². The van der Waals surface area contributed by atoms with Gasteiger partial charge in [0, 0.05) is 0 Å².